The van der Waals surface area contributed by atoms with E-state index in [1.807, 2.05) is 0 Å². The van der Waals surface area contributed by atoms with Crippen LogP contribution in [0.4, 0.5) is 0 Å². The molecule has 1 aromatic carbocycles. The van der Waals surface area contributed by atoms with Crippen molar-refractivity contribution in [1.29, 1.82) is 0 Å². The van der Waals surface area contributed by atoms with Crippen molar-refractivity contribution in [3.05, 3.63) is 35.4 Å². The fourth-order valence-electron chi connectivity index (χ4n) is 2.40. The summed E-state index contributed by atoms with van der Waals surface area (Å²) in [5.74, 6) is 0.680. The topological polar surface area (TPSA) is 24.5 Å². The fourth-order valence-corrected chi connectivity index (χ4v) is 2.40. The number of hydrogen-bond acceptors (Lipinski definition) is 3. The SMILES string of the molecule is CCCNCc1ccc(CN(CCOC)CC(C)C)cc1. The highest BCUT2D eigenvalue weighted by molar-refractivity contribution is 5.22. The Labute approximate surface area is 130 Å². The van der Waals surface area contributed by atoms with Crippen LogP contribution < -0.4 is 5.32 Å². The van der Waals surface area contributed by atoms with Crippen molar-refractivity contribution in [2.24, 2.45) is 5.92 Å². The normalized spacial score (nSPS) is 11.5. The summed E-state index contributed by atoms with van der Waals surface area (Å²) >= 11 is 0. The molecule has 0 fully saturated rings. The molecule has 0 unspecified atom stereocenters. The van der Waals surface area contributed by atoms with Gasteiger partial charge in [0.05, 0.1) is 6.61 Å². The zero-order valence-corrected chi connectivity index (χ0v) is 14.2. The molecule has 0 spiro atoms. The van der Waals surface area contributed by atoms with E-state index in [0.29, 0.717) is 5.92 Å². The van der Waals surface area contributed by atoms with Crippen LogP contribution >= 0.6 is 0 Å². The Morgan fingerprint density at radius 3 is 2.38 bits per heavy atom. The highest BCUT2D eigenvalue weighted by Gasteiger charge is 2.08. The molecule has 0 radical (unpaired) electrons. The van der Waals surface area contributed by atoms with Crippen molar-refractivity contribution in [3.8, 4) is 0 Å². The third kappa shape index (κ3) is 8.20. The first-order valence-electron chi connectivity index (χ1n) is 8.15. The molecule has 120 valence electrons. The lowest BCUT2D eigenvalue weighted by Crippen LogP contribution is -2.30. The highest BCUT2D eigenvalue weighted by Crippen LogP contribution is 2.09. The van der Waals surface area contributed by atoms with Crippen molar-refractivity contribution in [1.82, 2.24) is 10.2 Å². The molecule has 0 saturated heterocycles. The summed E-state index contributed by atoms with van der Waals surface area (Å²) in [5.41, 5.74) is 2.74. The Hall–Kier alpha value is -0.900. The van der Waals surface area contributed by atoms with Gasteiger partial charge in [-0.2, -0.15) is 0 Å². The van der Waals surface area contributed by atoms with E-state index in [9.17, 15) is 0 Å². The van der Waals surface area contributed by atoms with Crippen molar-refractivity contribution < 1.29 is 4.74 Å². The average molecular weight is 292 g/mol. The van der Waals surface area contributed by atoms with Gasteiger partial charge in [-0.1, -0.05) is 45.0 Å². The zero-order chi connectivity index (χ0) is 15.5. The zero-order valence-electron chi connectivity index (χ0n) is 14.2. The summed E-state index contributed by atoms with van der Waals surface area (Å²) in [7, 11) is 1.77. The van der Waals surface area contributed by atoms with E-state index in [-0.39, 0.29) is 0 Å². The van der Waals surface area contributed by atoms with Gasteiger partial charge in [-0.15, -0.1) is 0 Å². The first-order chi connectivity index (χ1) is 10.2. The van der Waals surface area contributed by atoms with Crippen LogP contribution in [-0.2, 0) is 17.8 Å². The quantitative estimate of drug-likeness (QED) is 0.633. The second-order valence-corrected chi connectivity index (χ2v) is 6.12. The minimum atomic E-state index is 0.680. The number of hydrogen-bond donors (Lipinski definition) is 1. The minimum Gasteiger partial charge on any atom is -0.383 e. The van der Waals surface area contributed by atoms with E-state index < -0.39 is 0 Å². The molecule has 1 N–H and O–H groups in total. The molecule has 1 aromatic rings. The molecule has 0 aliphatic rings. The summed E-state index contributed by atoms with van der Waals surface area (Å²) in [5, 5.41) is 3.44. The molecule has 0 saturated carbocycles. The summed E-state index contributed by atoms with van der Waals surface area (Å²) in [4.78, 5) is 2.47. The molecule has 3 nitrogen and oxygen atoms in total. The van der Waals surface area contributed by atoms with Gasteiger partial charge in [0.1, 0.15) is 0 Å². The van der Waals surface area contributed by atoms with Crippen molar-refractivity contribution in [3.63, 3.8) is 0 Å². The van der Waals surface area contributed by atoms with Crippen molar-refractivity contribution in [2.75, 3.05) is 33.4 Å². The third-order valence-electron chi connectivity index (χ3n) is 3.42. The Balaban J connectivity index is 2.50. The smallest absolute Gasteiger partial charge is 0.0589 e. The first kappa shape index (κ1) is 18.1. The van der Waals surface area contributed by atoms with Crippen LogP contribution in [0.5, 0.6) is 0 Å². The van der Waals surface area contributed by atoms with Crippen molar-refractivity contribution in [2.45, 2.75) is 40.3 Å². The largest absolute Gasteiger partial charge is 0.383 e. The minimum absolute atomic E-state index is 0.680. The van der Waals surface area contributed by atoms with Crippen LogP contribution in [0, 0.1) is 5.92 Å². The highest BCUT2D eigenvalue weighted by atomic mass is 16.5. The standard InChI is InChI=1S/C18H32N2O/c1-5-10-19-13-17-6-8-18(9-7-17)15-20(11-12-21-4)14-16(2)3/h6-9,16,19H,5,10-15H2,1-4H3. The van der Waals surface area contributed by atoms with Crippen LogP contribution in [0.2, 0.25) is 0 Å². The molecule has 1 rings (SSSR count). The number of methoxy groups -OCH3 is 1. The van der Waals surface area contributed by atoms with E-state index in [1.165, 1.54) is 17.5 Å². The van der Waals surface area contributed by atoms with E-state index >= 15 is 0 Å². The Morgan fingerprint density at radius 1 is 1.14 bits per heavy atom. The summed E-state index contributed by atoms with van der Waals surface area (Å²) < 4.78 is 5.22. The molecule has 3 heteroatoms. The lowest BCUT2D eigenvalue weighted by Gasteiger charge is -2.24. The second-order valence-electron chi connectivity index (χ2n) is 6.12. The van der Waals surface area contributed by atoms with E-state index in [4.69, 9.17) is 4.74 Å². The summed E-state index contributed by atoms with van der Waals surface area (Å²) in [6, 6.07) is 8.98. The van der Waals surface area contributed by atoms with Gasteiger partial charge in [0.2, 0.25) is 0 Å². The Morgan fingerprint density at radius 2 is 1.81 bits per heavy atom. The van der Waals surface area contributed by atoms with Crippen molar-refractivity contribution >= 4 is 0 Å². The monoisotopic (exact) mass is 292 g/mol. The van der Waals surface area contributed by atoms with Gasteiger partial charge < -0.3 is 10.1 Å². The fraction of sp³-hybridized carbons (Fsp3) is 0.667. The molecule has 0 atom stereocenters. The molecule has 0 heterocycles. The van der Waals surface area contributed by atoms with Crippen LogP contribution in [0.3, 0.4) is 0 Å². The van der Waals surface area contributed by atoms with Crippen LogP contribution in [0.25, 0.3) is 0 Å². The summed E-state index contributed by atoms with van der Waals surface area (Å²) in [6.07, 6.45) is 1.18. The van der Waals surface area contributed by atoms with Gasteiger partial charge in [-0.3, -0.25) is 4.90 Å². The third-order valence-corrected chi connectivity index (χ3v) is 3.42. The predicted molar refractivity (Wildman–Crippen MR) is 90.4 cm³/mol. The van der Waals surface area contributed by atoms with Gasteiger partial charge in [0, 0.05) is 33.3 Å². The molecule has 0 aliphatic heterocycles. The Kier molecular flexibility index (Phi) is 9.31. The maximum atomic E-state index is 5.22. The molecule has 0 amide bonds. The van der Waals surface area contributed by atoms with E-state index in [2.05, 4.69) is 55.3 Å². The molecule has 0 bridgehead atoms. The van der Waals surface area contributed by atoms with Gasteiger partial charge in [0.15, 0.2) is 0 Å². The number of benzene rings is 1. The predicted octanol–water partition coefficient (Wildman–Crippen LogP) is 3.29. The van der Waals surface area contributed by atoms with Gasteiger partial charge in [-0.25, -0.2) is 0 Å². The molecule has 0 aliphatic carbocycles. The lowest BCUT2D eigenvalue weighted by atomic mass is 10.1. The van der Waals surface area contributed by atoms with Crippen LogP contribution in [0.15, 0.2) is 24.3 Å². The first-order valence-corrected chi connectivity index (χ1v) is 8.15. The number of ether oxygens (including phenoxy) is 1. The Bertz CT molecular complexity index is 362. The van der Waals surface area contributed by atoms with Crippen LogP contribution in [-0.4, -0.2) is 38.3 Å². The van der Waals surface area contributed by atoms with Gasteiger partial charge in [-0.05, 0) is 30.0 Å². The maximum absolute atomic E-state index is 5.22. The number of nitrogens with zero attached hydrogens (tertiary/aromatic N) is 1. The molecule has 0 aromatic heterocycles. The van der Waals surface area contributed by atoms with E-state index in [1.54, 1.807) is 7.11 Å². The molecule has 21 heavy (non-hydrogen) atoms. The average Bonchev–Trinajstić information content (AvgIpc) is 2.46. The van der Waals surface area contributed by atoms with Gasteiger partial charge >= 0.3 is 0 Å². The number of nitrogens with one attached hydrogen (secondary N) is 1. The summed E-state index contributed by atoms with van der Waals surface area (Å²) in [6.45, 7) is 12.7. The van der Waals surface area contributed by atoms with E-state index in [0.717, 1.165) is 39.3 Å². The number of rotatable bonds is 11. The molecular weight excluding hydrogens is 260 g/mol. The lowest BCUT2D eigenvalue weighted by molar-refractivity contribution is 0.136. The van der Waals surface area contributed by atoms with Gasteiger partial charge in [0.25, 0.3) is 0 Å². The molecular formula is C18H32N2O. The van der Waals surface area contributed by atoms with Crippen LogP contribution in [0.1, 0.15) is 38.3 Å². The second kappa shape index (κ2) is 10.8. The maximum Gasteiger partial charge on any atom is 0.0589 e.